The first-order chi connectivity index (χ1) is 10.4. The molecule has 0 aromatic heterocycles. The van der Waals surface area contributed by atoms with Crippen LogP contribution in [0.2, 0.25) is 0 Å². The first kappa shape index (κ1) is 13.3. The monoisotopic (exact) mass is 272 g/mol. The van der Waals surface area contributed by atoms with Gasteiger partial charge in [0.15, 0.2) is 0 Å². The number of benzene rings is 3. The number of carbonyl (C=O) groups excluding carboxylic acids is 1. The fraction of sp³-hybridized carbons (Fsp3) is 0.0500. The van der Waals surface area contributed by atoms with E-state index in [1.807, 2.05) is 36.4 Å². The summed E-state index contributed by atoms with van der Waals surface area (Å²) in [7, 11) is 0. The molecule has 0 spiro atoms. The molecule has 1 nitrogen and oxygen atoms in total. The van der Waals surface area contributed by atoms with Crippen LogP contribution in [0.25, 0.3) is 22.3 Å². The van der Waals surface area contributed by atoms with Crippen LogP contribution in [0.5, 0.6) is 0 Å². The van der Waals surface area contributed by atoms with Crippen molar-refractivity contribution in [1.82, 2.24) is 0 Å². The molecule has 0 saturated heterocycles. The fourth-order valence-electron chi connectivity index (χ4n) is 2.57. The molecule has 0 bridgehead atoms. The van der Waals surface area contributed by atoms with Crippen molar-refractivity contribution in [3.8, 4) is 22.3 Å². The highest BCUT2D eigenvalue weighted by molar-refractivity contribution is 5.76. The highest BCUT2D eigenvalue weighted by Crippen LogP contribution is 2.28. The average molecular weight is 272 g/mol. The van der Waals surface area contributed by atoms with Crippen LogP contribution >= 0.6 is 0 Å². The third-order valence-electron chi connectivity index (χ3n) is 3.60. The highest BCUT2D eigenvalue weighted by Gasteiger charge is 2.05. The largest absolute Gasteiger partial charge is 0.303 e. The smallest absolute Gasteiger partial charge is 0.124 e. The molecule has 0 fully saturated rings. The van der Waals surface area contributed by atoms with Gasteiger partial charge in [-0.1, -0.05) is 72.8 Å². The van der Waals surface area contributed by atoms with E-state index in [0.29, 0.717) is 6.42 Å². The van der Waals surface area contributed by atoms with E-state index in [4.69, 9.17) is 0 Å². The standard InChI is InChI=1S/C20H16O/c21-14-13-17-9-4-5-12-20(17)19-11-6-10-18(15-19)16-7-2-1-3-8-16/h1-12,14-15H,13H2. The Morgan fingerprint density at radius 1 is 0.667 bits per heavy atom. The molecule has 0 N–H and O–H groups in total. The lowest BCUT2D eigenvalue weighted by Crippen LogP contribution is -1.91. The van der Waals surface area contributed by atoms with E-state index in [-0.39, 0.29) is 0 Å². The fourth-order valence-corrected chi connectivity index (χ4v) is 2.57. The minimum Gasteiger partial charge on any atom is -0.303 e. The Bertz CT molecular complexity index is 745. The molecule has 0 aliphatic heterocycles. The van der Waals surface area contributed by atoms with Crippen molar-refractivity contribution in [2.75, 3.05) is 0 Å². The maximum Gasteiger partial charge on any atom is 0.124 e. The molecule has 1 heteroatoms. The summed E-state index contributed by atoms with van der Waals surface area (Å²) in [6.07, 6.45) is 1.41. The van der Waals surface area contributed by atoms with Crippen LogP contribution in [0.1, 0.15) is 5.56 Å². The topological polar surface area (TPSA) is 17.1 Å². The van der Waals surface area contributed by atoms with Crippen LogP contribution in [-0.2, 0) is 11.2 Å². The van der Waals surface area contributed by atoms with Gasteiger partial charge < -0.3 is 4.79 Å². The van der Waals surface area contributed by atoms with Gasteiger partial charge in [-0.15, -0.1) is 0 Å². The van der Waals surface area contributed by atoms with E-state index in [1.165, 1.54) is 11.1 Å². The normalized spacial score (nSPS) is 10.3. The van der Waals surface area contributed by atoms with Crippen molar-refractivity contribution in [1.29, 1.82) is 0 Å². The minimum absolute atomic E-state index is 0.450. The Morgan fingerprint density at radius 3 is 2.14 bits per heavy atom. The number of hydrogen-bond acceptors (Lipinski definition) is 1. The second-order valence-corrected chi connectivity index (χ2v) is 4.97. The van der Waals surface area contributed by atoms with Crippen LogP contribution in [0.15, 0.2) is 78.9 Å². The van der Waals surface area contributed by atoms with Gasteiger partial charge in [-0.05, 0) is 33.9 Å². The molecule has 0 atom stereocenters. The summed E-state index contributed by atoms with van der Waals surface area (Å²) < 4.78 is 0. The van der Waals surface area contributed by atoms with Gasteiger partial charge in [-0.25, -0.2) is 0 Å². The third-order valence-corrected chi connectivity index (χ3v) is 3.60. The van der Waals surface area contributed by atoms with Gasteiger partial charge in [0.05, 0.1) is 0 Å². The van der Waals surface area contributed by atoms with Crippen molar-refractivity contribution in [3.63, 3.8) is 0 Å². The third kappa shape index (κ3) is 2.92. The number of carbonyl (C=O) groups is 1. The lowest BCUT2D eigenvalue weighted by molar-refractivity contribution is -0.107. The molecular formula is C20H16O. The molecule has 21 heavy (non-hydrogen) atoms. The summed E-state index contributed by atoms with van der Waals surface area (Å²) in [6.45, 7) is 0. The molecule has 0 aliphatic rings. The summed E-state index contributed by atoms with van der Waals surface area (Å²) in [5.41, 5.74) is 5.73. The molecule has 3 aromatic rings. The molecule has 0 saturated carbocycles. The molecule has 3 rings (SSSR count). The minimum atomic E-state index is 0.450. The number of hydrogen-bond donors (Lipinski definition) is 0. The van der Waals surface area contributed by atoms with Gasteiger partial charge in [0.2, 0.25) is 0 Å². The summed E-state index contributed by atoms with van der Waals surface area (Å²) >= 11 is 0. The van der Waals surface area contributed by atoms with E-state index >= 15 is 0 Å². The van der Waals surface area contributed by atoms with E-state index in [2.05, 4.69) is 42.5 Å². The molecule has 3 aromatic carbocycles. The second-order valence-electron chi connectivity index (χ2n) is 4.97. The van der Waals surface area contributed by atoms with Crippen LogP contribution in [-0.4, -0.2) is 6.29 Å². The van der Waals surface area contributed by atoms with Crippen molar-refractivity contribution in [2.45, 2.75) is 6.42 Å². The van der Waals surface area contributed by atoms with Crippen LogP contribution < -0.4 is 0 Å². The summed E-state index contributed by atoms with van der Waals surface area (Å²) in [5.74, 6) is 0. The quantitative estimate of drug-likeness (QED) is 0.626. The van der Waals surface area contributed by atoms with Gasteiger partial charge in [0.1, 0.15) is 6.29 Å². The SMILES string of the molecule is O=CCc1ccccc1-c1cccc(-c2ccccc2)c1. The Kier molecular flexibility index (Phi) is 3.92. The zero-order valence-electron chi connectivity index (χ0n) is 11.7. The maximum atomic E-state index is 10.8. The number of aldehydes is 1. The van der Waals surface area contributed by atoms with Gasteiger partial charge in [-0.2, -0.15) is 0 Å². The highest BCUT2D eigenvalue weighted by atomic mass is 16.1. The Labute approximate surface area is 124 Å². The van der Waals surface area contributed by atoms with E-state index < -0.39 is 0 Å². The van der Waals surface area contributed by atoms with Gasteiger partial charge >= 0.3 is 0 Å². The van der Waals surface area contributed by atoms with Crippen LogP contribution in [0.3, 0.4) is 0 Å². The molecule has 0 unspecified atom stereocenters. The average Bonchev–Trinajstić information content (AvgIpc) is 2.57. The zero-order chi connectivity index (χ0) is 14.5. The first-order valence-corrected chi connectivity index (χ1v) is 7.06. The first-order valence-electron chi connectivity index (χ1n) is 7.06. The second kappa shape index (κ2) is 6.19. The summed E-state index contributed by atoms with van der Waals surface area (Å²) in [4.78, 5) is 10.8. The van der Waals surface area contributed by atoms with Crippen molar-refractivity contribution < 1.29 is 4.79 Å². The lowest BCUT2D eigenvalue weighted by atomic mass is 9.95. The van der Waals surface area contributed by atoms with Crippen LogP contribution in [0, 0.1) is 0 Å². The Hall–Kier alpha value is -2.67. The van der Waals surface area contributed by atoms with Gasteiger partial charge in [0, 0.05) is 6.42 Å². The van der Waals surface area contributed by atoms with Crippen molar-refractivity contribution >= 4 is 6.29 Å². The summed E-state index contributed by atoms with van der Waals surface area (Å²) in [6, 6.07) is 26.8. The predicted octanol–water partition coefficient (Wildman–Crippen LogP) is 4.76. The predicted molar refractivity (Wildman–Crippen MR) is 87.1 cm³/mol. The molecule has 0 radical (unpaired) electrons. The van der Waals surface area contributed by atoms with Crippen molar-refractivity contribution in [2.24, 2.45) is 0 Å². The van der Waals surface area contributed by atoms with E-state index in [1.54, 1.807) is 0 Å². The molecule has 0 amide bonds. The van der Waals surface area contributed by atoms with Crippen molar-refractivity contribution in [3.05, 3.63) is 84.4 Å². The van der Waals surface area contributed by atoms with E-state index in [0.717, 1.165) is 23.0 Å². The molecule has 0 heterocycles. The molecular weight excluding hydrogens is 256 g/mol. The van der Waals surface area contributed by atoms with Gasteiger partial charge in [-0.3, -0.25) is 0 Å². The van der Waals surface area contributed by atoms with E-state index in [9.17, 15) is 4.79 Å². The lowest BCUT2D eigenvalue weighted by Gasteiger charge is -2.09. The van der Waals surface area contributed by atoms with Gasteiger partial charge in [0.25, 0.3) is 0 Å². The maximum absolute atomic E-state index is 10.8. The Morgan fingerprint density at radius 2 is 1.33 bits per heavy atom. The number of rotatable bonds is 4. The molecule has 102 valence electrons. The Balaban J connectivity index is 2.06. The zero-order valence-corrected chi connectivity index (χ0v) is 11.7. The summed E-state index contributed by atoms with van der Waals surface area (Å²) in [5, 5.41) is 0. The molecule has 0 aliphatic carbocycles. The van der Waals surface area contributed by atoms with Crippen LogP contribution in [0.4, 0.5) is 0 Å².